The lowest BCUT2D eigenvalue weighted by atomic mass is 10.0. The van der Waals surface area contributed by atoms with Gasteiger partial charge in [0.1, 0.15) is 5.76 Å². The molecule has 4 aromatic rings. The molecule has 0 radical (unpaired) electrons. The van der Waals surface area contributed by atoms with E-state index in [9.17, 15) is 18.0 Å². The Balaban J connectivity index is 1.75. The first kappa shape index (κ1) is 21.5. The van der Waals surface area contributed by atoms with Gasteiger partial charge in [0.15, 0.2) is 20.8 Å². The van der Waals surface area contributed by atoms with E-state index in [2.05, 4.69) is 5.32 Å². The van der Waals surface area contributed by atoms with Gasteiger partial charge in [0.05, 0.1) is 21.6 Å². The highest BCUT2D eigenvalue weighted by atomic mass is 32.2. The normalized spacial score (nSPS) is 11.4. The number of para-hydroxylation sites is 1. The second-order valence-electron chi connectivity index (χ2n) is 7.32. The van der Waals surface area contributed by atoms with Gasteiger partial charge in [0, 0.05) is 16.8 Å². The molecule has 162 valence electrons. The van der Waals surface area contributed by atoms with Crippen LogP contribution in [0.25, 0.3) is 22.3 Å². The molecule has 0 fully saturated rings. The van der Waals surface area contributed by atoms with Crippen molar-refractivity contribution in [3.8, 4) is 11.3 Å². The van der Waals surface area contributed by atoms with Crippen LogP contribution >= 0.6 is 0 Å². The molecule has 7 heteroatoms. The summed E-state index contributed by atoms with van der Waals surface area (Å²) in [6.45, 7) is 3.27. The third-order valence-electron chi connectivity index (χ3n) is 5.28. The highest BCUT2D eigenvalue weighted by Gasteiger charge is 2.19. The molecule has 0 aliphatic carbocycles. The standard InChI is InChI=1S/C25H21NO5S/c1-3-32(29,30)19-14-12-18(13-15-19)26-25(28)21-11-7-10-20-22(27)16(2)23(31-24(20)21)17-8-5-4-6-9-17/h4-15H,3H2,1-2H3,(H,26,28). The van der Waals surface area contributed by atoms with Crippen LogP contribution in [-0.2, 0) is 9.84 Å². The monoisotopic (exact) mass is 447 g/mol. The van der Waals surface area contributed by atoms with Gasteiger partial charge in [-0.15, -0.1) is 0 Å². The van der Waals surface area contributed by atoms with Crippen molar-refractivity contribution in [1.29, 1.82) is 0 Å². The molecule has 1 aromatic heterocycles. The van der Waals surface area contributed by atoms with Gasteiger partial charge in [0.25, 0.3) is 5.91 Å². The number of fused-ring (bicyclic) bond motifs is 1. The number of hydrogen-bond donors (Lipinski definition) is 1. The number of anilines is 1. The fraction of sp³-hybridized carbons (Fsp3) is 0.120. The van der Waals surface area contributed by atoms with E-state index in [1.54, 1.807) is 32.0 Å². The molecule has 0 saturated carbocycles. The van der Waals surface area contributed by atoms with Crippen molar-refractivity contribution in [2.45, 2.75) is 18.7 Å². The number of nitrogens with one attached hydrogen (secondary N) is 1. The molecule has 0 saturated heterocycles. The van der Waals surface area contributed by atoms with Gasteiger partial charge in [-0.05, 0) is 43.3 Å². The smallest absolute Gasteiger partial charge is 0.259 e. The zero-order chi connectivity index (χ0) is 22.9. The first-order valence-corrected chi connectivity index (χ1v) is 11.7. The van der Waals surface area contributed by atoms with Gasteiger partial charge in [-0.1, -0.05) is 43.3 Å². The SMILES string of the molecule is CCS(=O)(=O)c1ccc(NC(=O)c2cccc3c(=O)c(C)c(-c4ccccc4)oc23)cc1. The Morgan fingerprint density at radius 3 is 2.28 bits per heavy atom. The van der Waals surface area contributed by atoms with E-state index in [0.29, 0.717) is 22.4 Å². The number of carbonyl (C=O) groups is 1. The van der Waals surface area contributed by atoms with E-state index in [-0.39, 0.29) is 27.2 Å². The van der Waals surface area contributed by atoms with E-state index in [1.807, 2.05) is 30.3 Å². The topological polar surface area (TPSA) is 93.5 Å². The number of rotatable bonds is 5. The van der Waals surface area contributed by atoms with Crippen molar-refractivity contribution in [2.75, 3.05) is 11.1 Å². The molecule has 1 heterocycles. The predicted octanol–water partition coefficient (Wildman–Crippen LogP) is 4.81. The van der Waals surface area contributed by atoms with Crippen molar-refractivity contribution in [3.63, 3.8) is 0 Å². The van der Waals surface area contributed by atoms with Gasteiger partial charge < -0.3 is 9.73 Å². The van der Waals surface area contributed by atoms with E-state index >= 15 is 0 Å². The van der Waals surface area contributed by atoms with E-state index in [1.165, 1.54) is 24.3 Å². The Kier molecular flexibility index (Phi) is 5.67. The van der Waals surface area contributed by atoms with Crippen molar-refractivity contribution in [3.05, 3.63) is 94.1 Å². The zero-order valence-corrected chi connectivity index (χ0v) is 18.4. The molecule has 6 nitrogen and oxygen atoms in total. The lowest BCUT2D eigenvalue weighted by Gasteiger charge is -2.11. The summed E-state index contributed by atoms with van der Waals surface area (Å²) in [7, 11) is -3.33. The van der Waals surface area contributed by atoms with Gasteiger partial charge in [-0.3, -0.25) is 9.59 Å². The third-order valence-corrected chi connectivity index (χ3v) is 7.03. The molecule has 1 amide bonds. The minimum atomic E-state index is -3.33. The summed E-state index contributed by atoms with van der Waals surface area (Å²) in [5, 5.41) is 3.06. The second kappa shape index (κ2) is 8.43. The van der Waals surface area contributed by atoms with Gasteiger partial charge in [-0.25, -0.2) is 8.42 Å². The van der Waals surface area contributed by atoms with Gasteiger partial charge >= 0.3 is 0 Å². The van der Waals surface area contributed by atoms with Gasteiger partial charge in [0.2, 0.25) is 0 Å². The van der Waals surface area contributed by atoms with E-state index in [0.717, 1.165) is 5.56 Å². The molecule has 32 heavy (non-hydrogen) atoms. The molecular weight excluding hydrogens is 426 g/mol. The molecule has 0 atom stereocenters. The van der Waals surface area contributed by atoms with Gasteiger partial charge in [-0.2, -0.15) is 0 Å². The Hall–Kier alpha value is -3.71. The fourth-order valence-electron chi connectivity index (χ4n) is 3.46. The second-order valence-corrected chi connectivity index (χ2v) is 9.59. The maximum atomic E-state index is 13.0. The molecule has 0 bridgehead atoms. The quantitative estimate of drug-likeness (QED) is 0.474. The summed E-state index contributed by atoms with van der Waals surface area (Å²) in [5.41, 5.74) is 1.85. The Morgan fingerprint density at radius 1 is 0.938 bits per heavy atom. The summed E-state index contributed by atoms with van der Waals surface area (Å²) in [5.74, 6) is -0.0538. The highest BCUT2D eigenvalue weighted by molar-refractivity contribution is 7.91. The van der Waals surface area contributed by atoms with Crippen LogP contribution in [0.4, 0.5) is 5.69 Å². The van der Waals surface area contributed by atoms with Crippen molar-refractivity contribution in [1.82, 2.24) is 0 Å². The first-order valence-electron chi connectivity index (χ1n) is 10.1. The minimum Gasteiger partial charge on any atom is -0.455 e. The summed E-state index contributed by atoms with van der Waals surface area (Å²) < 4.78 is 30.1. The summed E-state index contributed by atoms with van der Waals surface area (Å²) in [6, 6.07) is 20.0. The van der Waals surface area contributed by atoms with Crippen LogP contribution in [0.3, 0.4) is 0 Å². The van der Waals surface area contributed by atoms with Crippen LogP contribution in [0.5, 0.6) is 0 Å². The molecule has 1 N–H and O–H groups in total. The van der Waals surface area contributed by atoms with E-state index < -0.39 is 15.7 Å². The van der Waals surface area contributed by atoms with Crippen molar-refractivity contribution < 1.29 is 17.6 Å². The average molecular weight is 448 g/mol. The number of amides is 1. The molecule has 4 rings (SSSR count). The third kappa shape index (κ3) is 3.94. The maximum Gasteiger partial charge on any atom is 0.259 e. The summed E-state index contributed by atoms with van der Waals surface area (Å²) >= 11 is 0. The minimum absolute atomic E-state index is 0.00307. The first-order chi connectivity index (χ1) is 15.3. The number of benzene rings is 3. The van der Waals surface area contributed by atoms with Crippen LogP contribution < -0.4 is 10.7 Å². The lowest BCUT2D eigenvalue weighted by molar-refractivity contribution is 0.102. The van der Waals surface area contributed by atoms with Crippen LogP contribution in [0, 0.1) is 6.92 Å². The molecule has 0 aliphatic heterocycles. The largest absolute Gasteiger partial charge is 0.455 e. The Bertz CT molecular complexity index is 1470. The average Bonchev–Trinajstić information content (AvgIpc) is 2.82. The summed E-state index contributed by atoms with van der Waals surface area (Å²) in [4.78, 5) is 26.2. The van der Waals surface area contributed by atoms with Crippen LogP contribution in [-0.4, -0.2) is 20.1 Å². The van der Waals surface area contributed by atoms with E-state index in [4.69, 9.17) is 4.42 Å². The highest BCUT2D eigenvalue weighted by Crippen LogP contribution is 2.27. The van der Waals surface area contributed by atoms with Crippen molar-refractivity contribution in [2.24, 2.45) is 0 Å². The molecule has 0 aliphatic rings. The predicted molar refractivity (Wildman–Crippen MR) is 125 cm³/mol. The number of carbonyl (C=O) groups excluding carboxylic acids is 1. The van der Waals surface area contributed by atoms with Crippen LogP contribution in [0.2, 0.25) is 0 Å². The number of sulfone groups is 1. The lowest BCUT2D eigenvalue weighted by Crippen LogP contribution is -2.15. The fourth-order valence-corrected chi connectivity index (χ4v) is 4.35. The number of hydrogen-bond acceptors (Lipinski definition) is 5. The summed E-state index contributed by atoms with van der Waals surface area (Å²) in [6.07, 6.45) is 0. The maximum absolute atomic E-state index is 13.0. The zero-order valence-electron chi connectivity index (χ0n) is 17.6. The molecule has 3 aromatic carbocycles. The molecular formula is C25H21NO5S. The Labute approximate surface area is 185 Å². The molecule has 0 spiro atoms. The molecule has 0 unspecified atom stereocenters. The van der Waals surface area contributed by atoms with Crippen LogP contribution in [0.15, 0.2) is 86.9 Å². The van der Waals surface area contributed by atoms with Crippen LogP contribution in [0.1, 0.15) is 22.8 Å². The van der Waals surface area contributed by atoms with Crippen molar-refractivity contribution >= 4 is 32.4 Å². The Morgan fingerprint density at radius 2 is 1.62 bits per heavy atom.